The number of aryl methyl sites for hydroxylation is 1. The SMILES string of the molecule is CCc1cc(-c2cccc(O)c2)c(Cc2cc(OC3CCCC3)cc3c2OC[C@H]([C@@H]2[C@H](CCCOC)Oc4c5cc(c6cc(O)ccc46)OCC#C[C@H]4CN[C@]6(CCC7(CCCC7)C6)N[C@]46[C@H]4C=C[C@H]([C@H](O)C4)[C@@H]6O[C@@H]52)[C@@H]3O)cc1O. The van der Waals surface area contributed by atoms with E-state index in [-0.39, 0.29) is 60.0 Å². The van der Waals surface area contributed by atoms with Crippen LogP contribution in [0.25, 0.3) is 21.9 Å². The highest BCUT2D eigenvalue weighted by atomic mass is 16.5. The van der Waals surface area contributed by atoms with Gasteiger partial charge in [0.05, 0.1) is 54.2 Å². The number of benzene rings is 5. The minimum atomic E-state index is -1.08. The molecule has 5 aromatic carbocycles. The van der Waals surface area contributed by atoms with Gasteiger partial charge >= 0.3 is 0 Å². The number of rotatable bonds is 11. The van der Waals surface area contributed by atoms with Crippen LogP contribution in [0.5, 0.6) is 40.2 Å². The molecule has 1 saturated heterocycles. The van der Waals surface area contributed by atoms with E-state index in [1.54, 1.807) is 31.4 Å². The summed E-state index contributed by atoms with van der Waals surface area (Å²) >= 11 is 0. The molecule has 13 heteroatoms. The molecule has 4 heterocycles. The Labute approximate surface area is 475 Å². The molecule has 15 rings (SSSR count). The standard InChI is InChI=1S/C68H78N2O11/c1-3-39-30-51(40-11-8-13-45(71)28-40)41(31-56(39)73)27-42-29-48(79-47-14-4-5-15-47)34-53-61(75)55(37-78-62(42)53)60-58(16-10-25-76-2)80-63-49-20-18-46(72)33-52(49)59-35-54(63)64(60)81-65-50-19-17-43(32-57(50)74)68(65)44(12-9-26-77-59)36-69-67(70-68)24-23-66(38-67)21-6-7-22-66/h8,11,13,17-20,28-31,33-35,43-44,47,50,55,57-58,60-61,64-65,69-75H,3-7,10,14-16,21-27,32,36-38H2,1-2H3/t43-,44-,50+,55+,57+,58-,60+,61+,64-,65-,67+,68+/m0/s1. The molecule has 0 amide bonds. The Morgan fingerprint density at radius 1 is 0.815 bits per heavy atom. The Morgan fingerprint density at radius 3 is 2.48 bits per heavy atom. The molecule has 7 N–H and O–H groups in total. The number of aromatic hydroxyl groups is 3. The molecule has 4 bridgehead atoms. The van der Waals surface area contributed by atoms with Crippen LogP contribution in [0.1, 0.15) is 137 Å². The summed E-state index contributed by atoms with van der Waals surface area (Å²) in [6.07, 6.45) is 16.1. The van der Waals surface area contributed by atoms with Crippen molar-refractivity contribution in [2.24, 2.45) is 35.0 Å². The van der Waals surface area contributed by atoms with Crippen LogP contribution in [0.4, 0.5) is 0 Å². The summed E-state index contributed by atoms with van der Waals surface area (Å²) in [7, 11) is 1.71. The molecule has 0 radical (unpaired) electrons. The highest BCUT2D eigenvalue weighted by Crippen LogP contribution is 2.61. The first kappa shape index (κ1) is 53.1. The number of phenolic OH excluding ortho intramolecular Hbond substituents is 3. The molecule has 0 aromatic heterocycles. The van der Waals surface area contributed by atoms with E-state index in [1.807, 2.05) is 55.5 Å². The Bertz CT molecular complexity index is 3320. The second kappa shape index (κ2) is 21.0. The summed E-state index contributed by atoms with van der Waals surface area (Å²) in [5.41, 5.74) is 4.82. The van der Waals surface area contributed by atoms with Crippen LogP contribution in [-0.2, 0) is 22.3 Å². The zero-order chi connectivity index (χ0) is 55.2. The lowest BCUT2D eigenvalue weighted by molar-refractivity contribution is -0.209. The average molecular weight is 1100 g/mol. The first-order valence-electron chi connectivity index (χ1n) is 30.4. The third-order valence-corrected chi connectivity index (χ3v) is 20.8. The van der Waals surface area contributed by atoms with E-state index in [0.29, 0.717) is 84.6 Å². The molecule has 5 fully saturated rings. The number of aliphatic hydroxyl groups is 2. The number of phenols is 3. The second-order valence-corrected chi connectivity index (χ2v) is 25.5. The van der Waals surface area contributed by atoms with Crippen molar-refractivity contribution in [2.45, 2.75) is 157 Å². The minimum Gasteiger partial charge on any atom is -0.508 e. The summed E-state index contributed by atoms with van der Waals surface area (Å²) < 4.78 is 42.2. The van der Waals surface area contributed by atoms with Crippen LogP contribution in [-0.4, -0.2) is 94.6 Å². The monoisotopic (exact) mass is 1100 g/mol. The van der Waals surface area contributed by atoms with Gasteiger partial charge in [0.25, 0.3) is 0 Å². The van der Waals surface area contributed by atoms with Crippen LogP contribution in [0.2, 0.25) is 0 Å². The lowest BCUT2D eigenvalue weighted by atomic mass is 9.55. The third-order valence-electron chi connectivity index (χ3n) is 20.8. The lowest BCUT2D eigenvalue weighted by Gasteiger charge is -2.64. The first-order valence-corrected chi connectivity index (χ1v) is 30.4. The molecule has 4 saturated carbocycles. The van der Waals surface area contributed by atoms with Crippen LogP contribution < -0.4 is 29.6 Å². The predicted octanol–water partition coefficient (Wildman–Crippen LogP) is 11.0. The summed E-state index contributed by atoms with van der Waals surface area (Å²) in [5.74, 6) is 8.31. The topological polar surface area (TPSA) is 181 Å². The van der Waals surface area contributed by atoms with Crippen molar-refractivity contribution in [1.82, 2.24) is 10.6 Å². The largest absolute Gasteiger partial charge is 0.508 e. The van der Waals surface area contributed by atoms with Crippen molar-refractivity contribution in [3.05, 3.63) is 113 Å². The molecule has 12 atom stereocenters. The summed E-state index contributed by atoms with van der Waals surface area (Å²) in [6, 6.07) is 22.4. The molecule has 0 unspecified atom stereocenters. The van der Waals surface area contributed by atoms with E-state index in [2.05, 4.69) is 34.6 Å². The number of fused-ring (bicyclic) bond motifs is 6. The normalized spacial score (nSPS) is 32.4. The van der Waals surface area contributed by atoms with Crippen molar-refractivity contribution < 1.29 is 54.0 Å². The maximum absolute atomic E-state index is 13.6. The van der Waals surface area contributed by atoms with E-state index in [1.165, 1.54) is 25.7 Å². The molecule has 10 aliphatic rings. The minimum absolute atomic E-state index is 0.0296. The molecular formula is C68H78N2O11. The fourth-order valence-electron chi connectivity index (χ4n) is 17.0. The van der Waals surface area contributed by atoms with Gasteiger partial charge in [-0.25, -0.2) is 0 Å². The van der Waals surface area contributed by atoms with Crippen molar-refractivity contribution in [1.29, 1.82) is 0 Å². The van der Waals surface area contributed by atoms with Gasteiger partial charge in [0.1, 0.15) is 53.0 Å². The van der Waals surface area contributed by atoms with E-state index < -0.39 is 47.9 Å². The molecule has 5 aromatic rings. The maximum Gasteiger partial charge on any atom is 0.149 e. The van der Waals surface area contributed by atoms with Gasteiger partial charge in [0, 0.05) is 77.8 Å². The van der Waals surface area contributed by atoms with Gasteiger partial charge in [-0.05, 0) is 172 Å². The van der Waals surface area contributed by atoms with Gasteiger partial charge in [-0.3, -0.25) is 10.6 Å². The fraction of sp³-hybridized carbons (Fsp3) is 0.529. The molecule has 13 nitrogen and oxygen atoms in total. The smallest absolute Gasteiger partial charge is 0.149 e. The van der Waals surface area contributed by atoms with Crippen molar-refractivity contribution in [2.75, 3.05) is 33.5 Å². The molecule has 4 aliphatic heterocycles. The highest BCUT2D eigenvalue weighted by Gasteiger charge is 2.67. The quantitative estimate of drug-likeness (QED) is 0.0378. The van der Waals surface area contributed by atoms with Gasteiger partial charge in [0.2, 0.25) is 0 Å². The van der Waals surface area contributed by atoms with Gasteiger partial charge in [-0.15, -0.1) is 0 Å². The fourth-order valence-corrected chi connectivity index (χ4v) is 17.0. The van der Waals surface area contributed by atoms with Gasteiger partial charge in [-0.2, -0.15) is 0 Å². The molecule has 81 heavy (non-hydrogen) atoms. The van der Waals surface area contributed by atoms with Crippen LogP contribution in [0.15, 0.2) is 84.9 Å². The van der Waals surface area contributed by atoms with Crippen molar-refractivity contribution >= 4 is 10.8 Å². The third kappa shape index (κ3) is 9.22. The number of aliphatic hydroxyl groups excluding tert-OH is 2. The van der Waals surface area contributed by atoms with E-state index >= 15 is 0 Å². The van der Waals surface area contributed by atoms with Gasteiger partial charge < -0.3 is 54.0 Å². The summed E-state index contributed by atoms with van der Waals surface area (Å²) in [4.78, 5) is 0. The Balaban J connectivity index is 0.923. The second-order valence-electron chi connectivity index (χ2n) is 25.5. The number of ether oxygens (including phenoxy) is 6. The summed E-state index contributed by atoms with van der Waals surface area (Å²) in [5, 5.41) is 69.1. The van der Waals surface area contributed by atoms with E-state index in [0.717, 1.165) is 83.7 Å². The zero-order valence-corrected chi connectivity index (χ0v) is 46.8. The Kier molecular flexibility index (Phi) is 13.8. The van der Waals surface area contributed by atoms with E-state index in [9.17, 15) is 25.5 Å². The van der Waals surface area contributed by atoms with Crippen molar-refractivity contribution in [3.8, 4) is 63.2 Å². The van der Waals surface area contributed by atoms with Crippen LogP contribution in [0.3, 0.4) is 0 Å². The number of hydrogen-bond acceptors (Lipinski definition) is 13. The lowest BCUT2D eigenvalue weighted by Crippen LogP contribution is -2.82. The molecule has 426 valence electrons. The Morgan fingerprint density at radius 2 is 1.67 bits per heavy atom. The maximum atomic E-state index is 13.6. The zero-order valence-electron chi connectivity index (χ0n) is 46.8. The highest BCUT2D eigenvalue weighted by molar-refractivity contribution is 5.96. The summed E-state index contributed by atoms with van der Waals surface area (Å²) in [6.45, 7) is 3.42. The molecular weight excluding hydrogens is 1020 g/mol. The first-order chi connectivity index (χ1) is 39.4. The predicted molar refractivity (Wildman–Crippen MR) is 308 cm³/mol. The van der Waals surface area contributed by atoms with Crippen LogP contribution in [0, 0.1) is 46.8 Å². The average Bonchev–Trinajstić information content (AvgIpc) is 4.36. The van der Waals surface area contributed by atoms with Crippen molar-refractivity contribution in [3.63, 3.8) is 0 Å². The molecule has 3 spiro atoms. The van der Waals surface area contributed by atoms with Crippen LogP contribution >= 0.6 is 0 Å². The number of hydrogen-bond donors (Lipinski definition) is 7. The number of nitrogens with one attached hydrogen (secondary N) is 2. The van der Waals surface area contributed by atoms with E-state index in [4.69, 9.17) is 28.4 Å². The van der Waals surface area contributed by atoms with Gasteiger partial charge in [-0.1, -0.05) is 55.9 Å². The molecule has 6 aliphatic carbocycles. The number of methoxy groups -OCH3 is 1. The Hall–Kier alpha value is -5.98. The van der Waals surface area contributed by atoms with Gasteiger partial charge in [0.15, 0.2) is 0 Å².